The topological polar surface area (TPSA) is 102 Å². The smallest absolute Gasteiger partial charge is 0.246 e. The number of benzene rings is 1. The van der Waals surface area contributed by atoms with Crippen LogP contribution in [0.3, 0.4) is 0 Å². The highest BCUT2D eigenvalue weighted by Crippen LogP contribution is 2.24. The molecule has 1 aromatic rings. The number of nitrogens with one attached hydrogen (secondary N) is 1. The molecule has 0 saturated carbocycles. The second-order valence-electron chi connectivity index (χ2n) is 5.54. The first-order valence-corrected chi connectivity index (χ1v) is 10.6. The lowest BCUT2D eigenvalue weighted by atomic mass is 10.2. The normalized spacial score (nSPS) is 17.2. The monoisotopic (exact) mass is 391 g/mol. The molecule has 3 N–H and O–H groups in total. The Labute approximate surface area is 151 Å². The molecule has 1 amide bonds. The molecule has 1 atom stereocenters. The van der Waals surface area contributed by atoms with Crippen molar-refractivity contribution in [2.75, 3.05) is 43.6 Å². The molecule has 0 bridgehead atoms. The molecular formula is C15H22FN3O4S2. The minimum atomic E-state index is -3.99. The Morgan fingerprint density at radius 1 is 1.44 bits per heavy atom. The first kappa shape index (κ1) is 20.1. The molecule has 1 fully saturated rings. The summed E-state index contributed by atoms with van der Waals surface area (Å²) in [7, 11) is -3.99. The van der Waals surface area contributed by atoms with Crippen molar-refractivity contribution in [2.45, 2.75) is 17.4 Å². The number of halogens is 1. The SMILES string of the molecule is CSCC[C@H](N)C(=O)Nc1ccc(F)c(S(=O)(=O)N2CCOCC2)c1. The maximum absolute atomic E-state index is 14.1. The average molecular weight is 391 g/mol. The highest BCUT2D eigenvalue weighted by molar-refractivity contribution is 7.98. The molecule has 10 heteroatoms. The van der Waals surface area contributed by atoms with E-state index in [1.54, 1.807) is 11.8 Å². The Morgan fingerprint density at radius 3 is 2.76 bits per heavy atom. The molecule has 140 valence electrons. The van der Waals surface area contributed by atoms with Crippen molar-refractivity contribution in [1.29, 1.82) is 0 Å². The van der Waals surface area contributed by atoms with Crippen molar-refractivity contribution in [3.63, 3.8) is 0 Å². The van der Waals surface area contributed by atoms with Crippen molar-refractivity contribution in [3.8, 4) is 0 Å². The van der Waals surface area contributed by atoms with Gasteiger partial charge in [0.05, 0.1) is 19.3 Å². The molecular weight excluding hydrogens is 369 g/mol. The number of morpholine rings is 1. The Morgan fingerprint density at radius 2 is 2.12 bits per heavy atom. The molecule has 7 nitrogen and oxygen atoms in total. The summed E-state index contributed by atoms with van der Waals surface area (Å²) < 4.78 is 45.6. The molecule has 1 aliphatic rings. The van der Waals surface area contributed by atoms with E-state index < -0.39 is 32.7 Å². The van der Waals surface area contributed by atoms with Gasteiger partial charge in [0.15, 0.2) is 0 Å². The predicted octanol–water partition coefficient (Wildman–Crippen LogP) is 0.866. The van der Waals surface area contributed by atoms with Crippen molar-refractivity contribution in [3.05, 3.63) is 24.0 Å². The first-order chi connectivity index (χ1) is 11.9. The number of rotatable bonds is 7. The van der Waals surface area contributed by atoms with Gasteiger partial charge in [-0.2, -0.15) is 16.1 Å². The first-order valence-electron chi connectivity index (χ1n) is 7.79. The number of carbonyl (C=O) groups excluding carboxylic acids is 1. The molecule has 1 aliphatic heterocycles. The molecule has 0 radical (unpaired) electrons. The average Bonchev–Trinajstić information content (AvgIpc) is 2.61. The number of ether oxygens (including phenoxy) is 1. The van der Waals surface area contributed by atoms with Crippen molar-refractivity contribution >= 4 is 33.4 Å². The van der Waals surface area contributed by atoms with Gasteiger partial charge < -0.3 is 15.8 Å². The largest absolute Gasteiger partial charge is 0.379 e. The van der Waals surface area contributed by atoms with E-state index in [9.17, 15) is 17.6 Å². The number of nitrogens with zero attached hydrogens (tertiary/aromatic N) is 1. The van der Waals surface area contributed by atoms with Crippen LogP contribution in [-0.2, 0) is 19.6 Å². The number of nitrogens with two attached hydrogens (primary N) is 1. The zero-order valence-electron chi connectivity index (χ0n) is 13.9. The zero-order chi connectivity index (χ0) is 18.4. The fraction of sp³-hybridized carbons (Fsp3) is 0.533. The molecule has 1 heterocycles. The van der Waals surface area contributed by atoms with Crippen LogP contribution in [-0.4, -0.2) is 63.0 Å². The summed E-state index contributed by atoms with van der Waals surface area (Å²) in [6.07, 6.45) is 2.40. The van der Waals surface area contributed by atoms with Crippen LogP contribution in [0, 0.1) is 5.82 Å². The minimum Gasteiger partial charge on any atom is -0.379 e. The summed E-state index contributed by atoms with van der Waals surface area (Å²) in [4.78, 5) is 11.6. The van der Waals surface area contributed by atoms with Gasteiger partial charge in [0, 0.05) is 18.8 Å². The van der Waals surface area contributed by atoms with Gasteiger partial charge in [0.1, 0.15) is 10.7 Å². The maximum Gasteiger partial charge on any atom is 0.246 e. The summed E-state index contributed by atoms with van der Waals surface area (Å²) in [5.74, 6) is -0.569. The van der Waals surface area contributed by atoms with Gasteiger partial charge in [0.2, 0.25) is 15.9 Å². The van der Waals surface area contributed by atoms with Crippen LogP contribution in [0.1, 0.15) is 6.42 Å². The Balaban J connectivity index is 2.18. The van der Waals surface area contributed by atoms with Gasteiger partial charge in [-0.05, 0) is 36.6 Å². The van der Waals surface area contributed by atoms with Gasteiger partial charge in [-0.3, -0.25) is 4.79 Å². The Kier molecular flexibility index (Phi) is 7.20. The van der Waals surface area contributed by atoms with Crippen LogP contribution in [0.25, 0.3) is 0 Å². The van der Waals surface area contributed by atoms with Crippen molar-refractivity contribution in [1.82, 2.24) is 4.31 Å². The minimum absolute atomic E-state index is 0.165. The van der Waals surface area contributed by atoms with E-state index >= 15 is 0 Å². The third-order valence-electron chi connectivity index (χ3n) is 3.76. The zero-order valence-corrected chi connectivity index (χ0v) is 15.5. The number of amides is 1. The fourth-order valence-corrected chi connectivity index (χ4v) is 4.30. The molecule has 0 spiro atoms. The fourth-order valence-electron chi connectivity index (χ4n) is 2.32. The van der Waals surface area contributed by atoms with E-state index in [1.807, 2.05) is 6.26 Å². The number of thioether (sulfide) groups is 1. The van der Waals surface area contributed by atoms with Crippen LogP contribution in [0.5, 0.6) is 0 Å². The summed E-state index contributed by atoms with van der Waals surface area (Å²) in [6, 6.07) is 2.75. The third kappa shape index (κ3) is 5.14. The lowest BCUT2D eigenvalue weighted by Gasteiger charge is -2.26. The number of anilines is 1. The van der Waals surface area contributed by atoms with E-state index in [2.05, 4.69) is 5.32 Å². The van der Waals surface area contributed by atoms with E-state index in [-0.39, 0.29) is 32.0 Å². The second kappa shape index (κ2) is 8.95. The molecule has 0 aliphatic carbocycles. The number of hydrogen-bond acceptors (Lipinski definition) is 6. The van der Waals surface area contributed by atoms with Crippen molar-refractivity contribution in [2.24, 2.45) is 5.73 Å². The van der Waals surface area contributed by atoms with E-state index in [1.165, 1.54) is 10.4 Å². The standard InChI is InChI=1S/C15H22FN3O4S2/c1-24-9-4-13(17)15(20)18-11-2-3-12(16)14(10-11)25(21,22)19-5-7-23-8-6-19/h2-3,10,13H,4-9,17H2,1H3,(H,18,20)/t13-/m0/s1. The molecule has 0 unspecified atom stereocenters. The van der Waals surface area contributed by atoms with E-state index in [0.717, 1.165) is 17.9 Å². The van der Waals surface area contributed by atoms with E-state index in [4.69, 9.17) is 10.5 Å². The van der Waals surface area contributed by atoms with Crippen LogP contribution in [0.15, 0.2) is 23.1 Å². The lowest BCUT2D eigenvalue weighted by Crippen LogP contribution is -2.41. The van der Waals surface area contributed by atoms with Gasteiger partial charge in [0.25, 0.3) is 0 Å². The second-order valence-corrected chi connectivity index (χ2v) is 8.43. The van der Waals surface area contributed by atoms with Crippen LogP contribution < -0.4 is 11.1 Å². The van der Waals surface area contributed by atoms with Crippen LogP contribution in [0.4, 0.5) is 10.1 Å². The number of sulfonamides is 1. The summed E-state index contributed by atoms with van der Waals surface area (Å²) in [5, 5.41) is 2.55. The van der Waals surface area contributed by atoms with Crippen LogP contribution in [0.2, 0.25) is 0 Å². The molecule has 25 heavy (non-hydrogen) atoms. The third-order valence-corrected chi connectivity index (χ3v) is 6.31. The number of carbonyl (C=O) groups is 1. The molecule has 2 rings (SSSR count). The van der Waals surface area contributed by atoms with Gasteiger partial charge in [-0.15, -0.1) is 0 Å². The quantitative estimate of drug-likeness (QED) is 0.715. The Hall–Kier alpha value is -1.20. The number of hydrogen-bond donors (Lipinski definition) is 2. The summed E-state index contributed by atoms with van der Waals surface area (Å²) >= 11 is 1.57. The summed E-state index contributed by atoms with van der Waals surface area (Å²) in [5.41, 5.74) is 5.97. The Bertz CT molecular complexity index is 709. The highest BCUT2D eigenvalue weighted by Gasteiger charge is 2.29. The van der Waals surface area contributed by atoms with Gasteiger partial charge in [-0.1, -0.05) is 0 Å². The van der Waals surface area contributed by atoms with E-state index in [0.29, 0.717) is 6.42 Å². The molecule has 1 aromatic carbocycles. The summed E-state index contributed by atoms with van der Waals surface area (Å²) in [6.45, 7) is 0.860. The molecule has 0 aromatic heterocycles. The molecule has 1 saturated heterocycles. The van der Waals surface area contributed by atoms with Gasteiger partial charge >= 0.3 is 0 Å². The predicted molar refractivity (Wildman–Crippen MR) is 95.6 cm³/mol. The van der Waals surface area contributed by atoms with Crippen molar-refractivity contribution < 1.29 is 22.3 Å². The highest BCUT2D eigenvalue weighted by atomic mass is 32.2. The maximum atomic E-state index is 14.1. The lowest BCUT2D eigenvalue weighted by molar-refractivity contribution is -0.117. The van der Waals surface area contributed by atoms with Gasteiger partial charge in [-0.25, -0.2) is 12.8 Å². The van der Waals surface area contributed by atoms with Crippen LogP contribution >= 0.6 is 11.8 Å².